The van der Waals surface area contributed by atoms with Crippen LogP contribution in [-0.4, -0.2) is 7.05 Å². The minimum Gasteiger partial charge on any atom is -0.309 e. The van der Waals surface area contributed by atoms with Gasteiger partial charge in [0.05, 0.1) is 9.88 Å². The number of thiophene rings is 1. The van der Waals surface area contributed by atoms with E-state index in [1.807, 2.05) is 13.1 Å². The van der Waals surface area contributed by atoms with Crippen LogP contribution in [0.25, 0.3) is 0 Å². The van der Waals surface area contributed by atoms with E-state index in [-0.39, 0.29) is 5.54 Å². The standard InChI is InChI=1S/C10H14ClNS/c1-9(2)6-10(9,12-3)7-4-5-8(11)13-7/h4-5,12H,6H2,1-3H3. The molecule has 1 aromatic heterocycles. The van der Waals surface area contributed by atoms with E-state index in [4.69, 9.17) is 11.6 Å². The van der Waals surface area contributed by atoms with Crippen LogP contribution in [0.15, 0.2) is 12.1 Å². The average molecular weight is 216 g/mol. The van der Waals surface area contributed by atoms with E-state index in [0.717, 1.165) is 4.34 Å². The molecule has 1 fully saturated rings. The lowest BCUT2D eigenvalue weighted by Gasteiger charge is -2.17. The van der Waals surface area contributed by atoms with Crippen LogP contribution in [0.5, 0.6) is 0 Å². The molecule has 0 aromatic carbocycles. The van der Waals surface area contributed by atoms with Crippen molar-refractivity contribution in [3.05, 3.63) is 21.3 Å². The summed E-state index contributed by atoms with van der Waals surface area (Å²) in [5, 5.41) is 3.42. The second kappa shape index (κ2) is 2.72. The Labute approximate surface area is 88.1 Å². The smallest absolute Gasteiger partial charge is 0.0931 e. The van der Waals surface area contributed by atoms with E-state index >= 15 is 0 Å². The van der Waals surface area contributed by atoms with Gasteiger partial charge < -0.3 is 5.32 Å². The largest absolute Gasteiger partial charge is 0.309 e. The summed E-state index contributed by atoms with van der Waals surface area (Å²) in [5.74, 6) is 0. The van der Waals surface area contributed by atoms with Crippen LogP contribution >= 0.6 is 22.9 Å². The maximum absolute atomic E-state index is 5.94. The van der Waals surface area contributed by atoms with Gasteiger partial charge in [-0.25, -0.2) is 0 Å². The molecule has 1 aromatic rings. The molecule has 13 heavy (non-hydrogen) atoms. The van der Waals surface area contributed by atoms with Crippen molar-refractivity contribution in [1.82, 2.24) is 5.32 Å². The molecular formula is C10H14ClNS. The Kier molecular flexibility index (Phi) is 1.99. The molecule has 72 valence electrons. The number of nitrogens with one attached hydrogen (secondary N) is 1. The van der Waals surface area contributed by atoms with Crippen molar-refractivity contribution in [3.63, 3.8) is 0 Å². The second-order valence-electron chi connectivity index (χ2n) is 4.32. The lowest BCUT2D eigenvalue weighted by molar-refractivity contribution is 0.448. The molecule has 1 heterocycles. The molecule has 0 radical (unpaired) electrons. The van der Waals surface area contributed by atoms with Crippen molar-refractivity contribution < 1.29 is 0 Å². The van der Waals surface area contributed by atoms with Gasteiger partial charge in [0.2, 0.25) is 0 Å². The summed E-state index contributed by atoms with van der Waals surface area (Å²) in [6.07, 6.45) is 1.20. The van der Waals surface area contributed by atoms with Gasteiger partial charge in [0.15, 0.2) is 0 Å². The third kappa shape index (κ3) is 1.24. The fraction of sp³-hybridized carbons (Fsp3) is 0.600. The van der Waals surface area contributed by atoms with Gasteiger partial charge in [-0.1, -0.05) is 25.4 Å². The Hall–Kier alpha value is -0.0500. The van der Waals surface area contributed by atoms with Gasteiger partial charge in [0, 0.05) is 4.88 Å². The Morgan fingerprint density at radius 2 is 2.08 bits per heavy atom. The van der Waals surface area contributed by atoms with Gasteiger partial charge in [-0.2, -0.15) is 0 Å². The molecule has 0 spiro atoms. The third-order valence-corrected chi connectivity index (χ3v) is 4.55. The zero-order chi connectivity index (χ0) is 9.69. The van der Waals surface area contributed by atoms with Gasteiger partial charge in [0.25, 0.3) is 0 Å². The molecule has 1 aliphatic carbocycles. The molecule has 0 saturated heterocycles. The van der Waals surface area contributed by atoms with E-state index in [2.05, 4.69) is 25.2 Å². The van der Waals surface area contributed by atoms with Gasteiger partial charge in [0.1, 0.15) is 0 Å². The van der Waals surface area contributed by atoms with Gasteiger partial charge in [-0.15, -0.1) is 11.3 Å². The molecule has 1 saturated carbocycles. The molecule has 0 bridgehead atoms. The Balaban J connectivity index is 2.35. The lowest BCUT2D eigenvalue weighted by Crippen LogP contribution is -2.28. The third-order valence-electron chi connectivity index (χ3n) is 3.16. The van der Waals surface area contributed by atoms with Gasteiger partial charge in [-0.05, 0) is 31.0 Å². The first kappa shape index (κ1) is 9.50. The van der Waals surface area contributed by atoms with E-state index in [1.165, 1.54) is 11.3 Å². The second-order valence-corrected chi connectivity index (χ2v) is 6.03. The summed E-state index contributed by atoms with van der Waals surface area (Å²) in [7, 11) is 2.03. The molecule has 0 amide bonds. The van der Waals surface area contributed by atoms with E-state index < -0.39 is 0 Å². The van der Waals surface area contributed by atoms with Crippen LogP contribution in [0.4, 0.5) is 0 Å². The first-order chi connectivity index (χ1) is 6.02. The highest BCUT2D eigenvalue weighted by Gasteiger charge is 2.61. The number of rotatable bonds is 2. The zero-order valence-electron chi connectivity index (χ0n) is 8.15. The molecule has 1 nitrogen and oxygen atoms in total. The van der Waals surface area contributed by atoms with Crippen molar-refractivity contribution >= 4 is 22.9 Å². The summed E-state index contributed by atoms with van der Waals surface area (Å²) in [4.78, 5) is 1.37. The molecule has 3 heteroatoms. The van der Waals surface area contributed by atoms with E-state index in [1.54, 1.807) is 11.3 Å². The van der Waals surface area contributed by atoms with Crippen LogP contribution < -0.4 is 5.32 Å². The highest BCUT2D eigenvalue weighted by atomic mass is 35.5. The molecule has 1 atom stereocenters. The quantitative estimate of drug-likeness (QED) is 0.799. The fourth-order valence-corrected chi connectivity index (χ4v) is 3.55. The highest BCUT2D eigenvalue weighted by molar-refractivity contribution is 7.16. The number of hydrogen-bond donors (Lipinski definition) is 1. The van der Waals surface area contributed by atoms with Crippen molar-refractivity contribution in [2.45, 2.75) is 25.8 Å². The van der Waals surface area contributed by atoms with Crippen LogP contribution in [0, 0.1) is 5.41 Å². The summed E-state index contributed by atoms with van der Waals surface area (Å²) < 4.78 is 0.882. The summed E-state index contributed by atoms with van der Waals surface area (Å²) in [6.45, 7) is 4.58. The number of hydrogen-bond acceptors (Lipinski definition) is 2. The first-order valence-corrected chi connectivity index (χ1v) is 5.66. The molecule has 1 unspecified atom stereocenters. The van der Waals surface area contributed by atoms with Crippen molar-refractivity contribution in [3.8, 4) is 0 Å². The van der Waals surface area contributed by atoms with Gasteiger partial charge >= 0.3 is 0 Å². The van der Waals surface area contributed by atoms with Crippen molar-refractivity contribution in [2.24, 2.45) is 5.41 Å². The molecule has 1 aliphatic rings. The summed E-state index contributed by atoms with van der Waals surface area (Å²) >= 11 is 7.62. The Morgan fingerprint density at radius 3 is 2.38 bits per heavy atom. The summed E-state index contributed by atoms with van der Waals surface area (Å²) in [6, 6.07) is 4.12. The number of halogens is 1. The highest BCUT2D eigenvalue weighted by Crippen LogP contribution is 2.63. The minimum atomic E-state index is 0.185. The van der Waals surface area contributed by atoms with Crippen LogP contribution in [-0.2, 0) is 5.54 Å². The summed E-state index contributed by atoms with van der Waals surface area (Å²) in [5.41, 5.74) is 0.556. The van der Waals surface area contributed by atoms with Crippen LogP contribution in [0.3, 0.4) is 0 Å². The SMILES string of the molecule is CNC1(c2ccc(Cl)s2)CC1(C)C. The van der Waals surface area contributed by atoms with E-state index in [0.29, 0.717) is 5.41 Å². The topological polar surface area (TPSA) is 12.0 Å². The Bertz CT molecular complexity index is 331. The first-order valence-electron chi connectivity index (χ1n) is 4.47. The van der Waals surface area contributed by atoms with Crippen molar-refractivity contribution in [1.29, 1.82) is 0 Å². The molecule has 0 aliphatic heterocycles. The van der Waals surface area contributed by atoms with Crippen LogP contribution in [0.1, 0.15) is 25.1 Å². The fourth-order valence-electron chi connectivity index (χ4n) is 2.13. The van der Waals surface area contributed by atoms with E-state index in [9.17, 15) is 0 Å². The molecule has 1 N–H and O–H groups in total. The average Bonchev–Trinajstić information content (AvgIpc) is 2.43. The lowest BCUT2D eigenvalue weighted by atomic mass is 10.0. The van der Waals surface area contributed by atoms with Gasteiger partial charge in [-0.3, -0.25) is 0 Å². The normalized spacial score (nSPS) is 30.5. The predicted octanol–water partition coefficient (Wildman–Crippen LogP) is 3.25. The maximum atomic E-state index is 5.94. The van der Waals surface area contributed by atoms with Crippen LogP contribution in [0.2, 0.25) is 4.34 Å². The van der Waals surface area contributed by atoms with Crippen molar-refractivity contribution in [2.75, 3.05) is 7.05 Å². The Morgan fingerprint density at radius 1 is 1.46 bits per heavy atom. The predicted molar refractivity (Wildman–Crippen MR) is 58.5 cm³/mol. The monoisotopic (exact) mass is 215 g/mol. The molecular weight excluding hydrogens is 202 g/mol. The maximum Gasteiger partial charge on any atom is 0.0931 e. The molecule has 2 rings (SSSR count). The minimum absolute atomic E-state index is 0.185. The zero-order valence-corrected chi connectivity index (χ0v) is 9.72.